The Morgan fingerprint density at radius 3 is 2.88 bits per heavy atom. The molecule has 0 atom stereocenters. The summed E-state index contributed by atoms with van der Waals surface area (Å²) in [4.78, 5) is 17.8. The minimum Gasteiger partial charge on any atom is -0.352 e. The maximum absolute atomic E-state index is 11.7. The molecule has 0 unspecified atom stereocenters. The van der Waals surface area contributed by atoms with Crippen LogP contribution in [0.15, 0.2) is 22.9 Å². The van der Waals surface area contributed by atoms with Gasteiger partial charge in [-0.05, 0) is 61.5 Å². The summed E-state index contributed by atoms with van der Waals surface area (Å²) in [6.07, 6.45) is 3.70. The van der Waals surface area contributed by atoms with E-state index in [1.54, 1.807) is 18.3 Å². The van der Waals surface area contributed by atoms with Crippen molar-refractivity contribution in [2.24, 2.45) is 0 Å². The Morgan fingerprint density at radius 2 is 2.24 bits per heavy atom. The van der Waals surface area contributed by atoms with Gasteiger partial charge in [0.25, 0.3) is 5.91 Å². The Bertz CT molecular complexity index is 369. The summed E-state index contributed by atoms with van der Waals surface area (Å²) in [5.74, 6) is -0.0436. The van der Waals surface area contributed by atoms with Crippen molar-refractivity contribution in [1.82, 2.24) is 15.2 Å². The molecule has 1 aromatic rings. The lowest BCUT2D eigenvalue weighted by Gasteiger charge is -2.09. The predicted octanol–water partition coefficient (Wildman–Crippen LogP) is 1.92. The van der Waals surface area contributed by atoms with Crippen LogP contribution < -0.4 is 5.32 Å². The SMILES string of the molecule is CN(C)CCCCNC(=O)c1ccnc(Br)c1. The number of carbonyl (C=O) groups is 1. The maximum atomic E-state index is 11.7. The molecule has 94 valence electrons. The van der Waals surface area contributed by atoms with Crippen LogP contribution in [0.3, 0.4) is 0 Å². The minimum absolute atomic E-state index is 0.0436. The van der Waals surface area contributed by atoms with E-state index in [9.17, 15) is 4.79 Å². The molecular weight excluding hydrogens is 282 g/mol. The van der Waals surface area contributed by atoms with Gasteiger partial charge in [0.1, 0.15) is 4.60 Å². The molecule has 0 fully saturated rings. The third-order valence-corrected chi connectivity index (χ3v) is 2.74. The van der Waals surface area contributed by atoms with Crippen LogP contribution in [0, 0.1) is 0 Å². The van der Waals surface area contributed by atoms with Crippen molar-refractivity contribution in [2.75, 3.05) is 27.2 Å². The lowest BCUT2D eigenvalue weighted by molar-refractivity contribution is 0.0952. The number of nitrogens with zero attached hydrogens (tertiary/aromatic N) is 2. The van der Waals surface area contributed by atoms with E-state index >= 15 is 0 Å². The Kier molecular flexibility index (Phi) is 6.15. The topological polar surface area (TPSA) is 45.2 Å². The molecule has 17 heavy (non-hydrogen) atoms. The van der Waals surface area contributed by atoms with Gasteiger partial charge in [0.15, 0.2) is 0 Å². The predicted molar refractivity (Wildman–Crippen MR) is 72.1 cm³/mol. The summed E-state index contributed by atoms with van der Waals surface area (Å²) < 4.78 is 0.678. The van der Waals surface area contributed by atoms with Crippen molar-refractivity contribution in [3.05, 3.63) is 28.5 Å². The second kappa shape index (κ2) is 7.40. The van der Waals surface area contributed by atoms with Gasteiger partial charge in [-0.3, -0.25) is 4.79 Å². The van der Waals surface area contributed by atoms with Gasteiger partial charge < -0.3 is 10.2 Å². The number of pyridine rings is 1. The second-order valence-electron chi connectivity index (χ2n) is 4.13. The van der Waals surface area contributed by atoms with Crippen molar-refractivity contribution in [2.45, 2.75) is 12.8 Å². The van der Waals surface area contributed by atoms with Gasteiger partial charge in [0, 0.05) is 18.3 Å². The highest BCUT2D eigenvalue weighted by atomic mass is 79.9. The average Bonchev–Trinajstić information content (AvgIpc) is 2.28. The second-order valence-corrected chi connectivity index (χ2v) is 4.95. The first-order valence-electron chi connectivity index (χ1n) is 5.64. The van der Waals surface area contributed by atoms with E-state index in [4.69, 9.17) is 0 Å². The Balaban J connectivity index is 2.26. The highest BCUT2D eigenvalue weighted by Gasteiger charge is 2.04. The molecule has 0 saturated carbocycles. The number of unbranched alkanes of at least 4 members (excludes halogenated alkanes) is 1. The number of hydrogen-bond acceptors (Lipinski definition) is 3. The van der Waals surface area contributed by atoms with Crippen molar-refractivity contribution >= 4 is 21.8 Å². The minimum atomic E-state index is -0.0436. The summed E-state index contributed by atoms with van der Waals surface area (Å²) in [7, 11) is 4.10. The highest BCUT2D eigenvalue weighted by Crippen LogP contribution is 2.07. The van der Waals surface area contributed by atoms with Crippen molar-refractivity contribution in [3.8, 4) is 0 Å². The van der Waals surface area contributed by atoms with Gasteiger partial charge in [-0.15, -0.1) is 0 Å². The molecule has 0 radical (unpaired) electrons. The summed E-state index contributed by atoms with van der Waals surface area (Å²) in [6.45, 7) is 1.77. The molecule has 0 bridgehead atoms. The Labute approximate surface area is 111 Å². The number of amides is 1. The molecule has 1 aromatic heterocycles. The van der Waals surface area contributed by atoms with E-state index in [1.807, 2.05) is 14.1 Å². The van der Waals surface area contributed by atoms with Gasteiger partial charge in [0.2, 0.25) is 0 Å². The molecule has 0 aliphatic heterocycles. The standard InChI is InChI=1S/C12H18BrN3O/c1-16(2)8-4-3-6-15-12(17)10-5-7-14-11(13)9-10/h5,7,9H,3-4,6,8H2,1-2H3,(H,15,17). The zero-order valence-electron chi connectivity index (χ0n) is 10.2. The molecular formula is C12H18BrN3O. The van der Waals surface area contributed by atoms with Gasteiger partial charge in [-0.2, -0.15) is 0 Å². The first-order valence-corrected chi connectivity index (χ1v) is 6.43. The van der Waals surface area contributed by atoms with Crippen LogP contribution >= 0.6 is 15.9 Å². The Morgan fingerprint density at radius 1 is 1.47 bits per heavy atom. The lowest BCUT2D eigenvalue weighted by atomic mass is 10.2. The largest absolute Gasteiger partial charge is 0.352 e. The van der Waals surface area contributed by atoms with E-state index < -0.39 is 0 Å². The van der Waals surface area contributed by atoms with Crippen LogP contribution in [0.5, 0.6) is 0 Å². The van der Waals surface area contributed by atoms with Crippen molar-refractivity contribution in [1.29, 1.82) is 0 Å². The monoisotopic (exact) mass is 299 g/mol. The van der Waals surface area contributed by atoms with Crippen LogP contribution in [0.25, 0.3) is 0 Å². The van der Waals surface area contributed by atoms with Gasteiger partial charge >= 0.3 is 0 Å². The van der Waals surface area contributed by atoms with Crippen LogP contribution in [0.4, 0.5) is 0 Å². The summed E-state index contributed by atoms with van der Waals surface area (Å²) in [5.41, 5.74) is 0.638. The van der Waals surface area contributed by atoms with Crippen LogP contribution in [0.1, 0.15) is 23.2 Å². The van der Waals surface area contributed by atoms with Gasteiger partial charge in [-0.1, -0.05) is 0 Å². The number of carbonyl (C=O) groups excluding carboxylic acids is 1. The number of rotatable bonds is 6. The number of halogens is 1. The molecule has 0 spiro atoms. The van der Waals surface area contributed by atoms with E-state index in [1.165, 1.54) is 0 Å². The van der Waals surface area contributed by atoms with E-state index in [0.29, 0.717) is 16.7 Å². The quantitative estimate of drug-likeness (QED) is 0.645. The normalized spacial score (nSPS) is 10.6. The number of nitrogens with one attached hydrogen (secondary N) is 1. The zero-order valence-corrected chi connectivity index (χ0v) is 11.8. The van der Waals surface area contributed by atoms with Gasteiger partial charge in [0.05, 0.1) is 0 Å². The smallest absolute Gasteiger partial charge is 0.251 e. The average molecular weight is 300 g/mol. The maximum Gasteiger partial charge on any atom is 0.251 e. The molecule has 0 aromatic carbocycles. The zero-order chi connectivity index (χ0) is 12.7. The molecule has 0 aliphatic rings. The third-order valence-electron chi connectivity index (χ3n) is 2.31. The molecule has 0 aliphatic carbocycles. The molecule has 1 N–H and O–H groups in total. The summed E-state index contributed by atoms with van der Waals surface area (Å²) in [6, 6.07) is 3.43. The number of hydrogen-bond donors (Lipinski definition) is 1. The van der Waals surface area contributed by atoms with Gasteiger partial charge in [-0.25, -0.2) is 4.98 Å². The molecule has 0 saturated heterocycles. The van der Waals surface area contributed by atoms with E-state index in [2.05, 4.69) is 31.1 Å². The summed E-state index contributed by atoms with van der Waals surface area (Å²) in [5, 5.41) is 2.89. The molecule has 1 amide bonds. The van der Waals surface area contributed by atoms with Crippen LogP contribution in [0.2, 0.25) is 0 Å². The van der Waals surface area contributed by atoms with Crippen molar-refractivity contribution in [3.63, 3.8) is 0 Å². The fourth-order valence-electron chi connectivity index (χ4n) is 1.40. The Hall–Kier alpha value is -0.940. The van der Waals surface area contributed by atoms with Crippen LogP contribution in [-0.4, -0.2) is 43.0 Å². The third kappa shape index (κ3) is 5.79. The van der Waals surface area contributed by atoms with E-state index in [-0.39, 0.29) is 5.91 Å². The number of aromatic nitrogens is 1. The lowest BCUT2D eigenvalue weighted by Crippen LogP contribution is -2.25. The highest BCUT2D eigenvalue weighted by molar-refractivity contribution is 9.10. The molecule has 1 rings (SSSR count). The first-order chi connectivity index (χ1) is 8.09. The fourth-order valence-corrected chi connectivity index (χ4v) is 1.77. The first kappa shape index (κ1) is 14.1. The molecule has 4 nitrogen and oxygen atoms in total. The van der Waals surface area contributed by atoms with Crippen molar-refractivity contribution < 1.29 is 4.79 Å². The van der Waals surface area contributed by atoms with Crippen LogP contribution in [-0.2, 0) is 0 Å². The fraction of sp³-hybridized carbons (Fsp3) is 0.500. The molecule has 1 heterocycles. The molecule has 5 heteroatoms. The van der Waals surface area contributed by atoms with E-state index in [0.717, 1.165) is 19.4 Å². The summed E-state index contributed by atoms with van der Waals surface area (Å²) >= 11 is 3.24.